The summed E-state index contributed by atoms with van der Waals surface area (Å²) in [6.07, 6.45) is 2.20. The standard InChI is InChI=1S/C24H26N4O4/c1-5-19(23(29)25-13-15-10-11-16(31-3)12-21(15)32-4)28-20-9-7-6-8-17(20)18-14-26-27(2)24(30)22(18)28/h6-12,14,19H,5,13H2,1-4H3,(H,25,29)/t19-/m1/s1. The maximum atomic E-state index is 13.3. The Balaban J connectivity index is 1.73. The second-order valence-corrected chi connectivity index (χ2v) is 7.54. The first kappa shape index (κ1) is 21.4. The molecule has 0 aliphatic heterocycles. The fourth-order valence-electron chi connectivity index (χ4n) is 4.10. The van der Waals surface area contributed by atoms with Crippen LogP contribution in [0.5, 0.6) is 11.5 Å². The second-order valence-electron chi connectivity index (χ2n) is 7.54. The van der Waals surface area contributed by atoms with Crippen molar-refractivity contribution in [1.82, 2.24) is 19.7 Å². The van der Waals surface area contributed by atoms with Gasteiger partial charge >= 0.3 is 0 Å². The van der Waals surface area contributed by atoms with Crippen LogP contribution in [0.2, 0.25) is 0 Å². The summed E-state index contributed by atoms with van der Waals surface area (Å²) in [6, 6.07) is 12.6. The summed E-state index contributed by atoms with van der Waals surface area (Å²) in [5.41, 5.74) is 1.91. The molecule has 4 rings (SSSR count). The van der Waals surface area contributed by atoms with E-state index in [0.29, 0.717) is 30.0 Å². The molecule has 0 aliphatic rings. The van der Waals surface area contributed by atoms with Crippen LogP contribution in [0.3, 0.4) is 0 Å². The van der Waals surface area contributed by atoms with Crippen molar-refractivity contribution in [2.75, 3.05) is 14.2 Å². The summed E-state index contributed by atoms with van der Waals surface area (Å²) in [5.74, 6) is 1.14. The number of hydrogen-bond acceptors (Lipinski definition) is 5. The van der Waals surface area contributed by atoms with Gasteiger partial charge in [-0.2, -0.15) is 5.10 Å². The number of ether oxygens (including phenoxy) is 2. The number of carbonyl (C=O) groups is 1. The average molecular weight is 434 g/mol. The van der Waals surface area contributed by atoms with E-state index in [1.54, 1.807) is 33.5 Å². The Kier molecular flexibility index (Phi) is 5.85. The third-order valence-electron chi connectivity index (χ3n) is 5.75. The minimum absolute atomic E-state index is 0.174. The van der Waals surface area contributed by atoms with Crippen LogP contribution in [0.1, 0.15) is 24.9 Å². The Morgan fingerprint density at radius 3 is 2.62 bits per heavy atom. The van der Waals surface area contributed by atoms with Gasteiger partial charge in [0.1, 0.15) is 23.1 Å². The van der Waals surface area contributed by atoms with Crippen molar-refractivity contribution in [2.45, 2.75) is 25.9 Å². The van der Waals surface area contributed by atoms with Crippen molar-refractivity contribution in [3.05, 3.63) is 64.6 Å². The van der Waals surface area contributed by atoms with Gasteiger partial charge in [-0.15, -0.1) is 0 Å². The van der Waals surface area contributed by atoms with Crippen molar-refractivity contribution in [1.29, 1.82) is 0 Å². The van der Waals surface area contributed by atoms with Crippen LogP contribution in [-0.4, -0.2) is 34.5 Å². The van der Waals surface area contributed by atoms with E-state index in [1.165, 1.54) is 4.68 Å². The van der Waals surface area contributed by atoms with Gasteiger partial charge in [-0.05, 0) is 24.6 Å². The minimum atomic E-state index is -0.559. The van der Waals surface area contributed by atoms with Crippen LogP contribution < -0.4 is 20.3 Å². The number of nitrogens with one attached hydrogen (secondary N) is 1. The van der Waals surface area contributed by atoms with E-state index in [4.69, 9.17) is 9.47 Å². The molecule has 0 radical (unpaired) electrons. The highest BCUT2D eigenvalue weighted by Crippen LogP contribution is 2.31. The Hall–Kier alpha value is -3.81. The lowest BCUT2D eigenvalue weighted by atomic mass is 10.1. The van der Waals surface area contributed by atoms with Gasteiger partial charge in [0.15, 0.2) is 0 Å². The number of aryl methyl sites for hydroxylation is 1. The van der Waals surface area contributed by atoms with E-state index in [0.717, 1.165) is 21.9 Å². The van der Waals surface area contributed by atoms with Crippen molar-refractivity contribution in [3.63, 3.8) is 0 Å². The summed E-state index contributed by atoms with van der Waals surface area (Å²) in [4.78, 5) is 26.3. The number of carbonyl (C=O) groups excluding carboxylic acids is 1. The molecule has 8 heteroatoms. The van der Waals surface area contributed by atoms with Crippen LogP contribution in [0.15, 0.2) is 53.5 Å². The Bertz CT molecular complexity index is 1360. The molecule has 4 aromatic rings. The molecule has 8 nitrogen and oxygen atoms in total. The summed E-state index contributed by atoms with van der Waals surface area (Å²) in [6.45, 7) is 2.23. The monoisotopic (exact) mass is 434 g/mol. The SMILES string of the molecule is CC[C@H](C(=O)NCc1ccc(OC)cc1OC)n1c2ccccc2c2cnn(C)c(=O)c21. The molecule has 0 bridgehead atoms. The number of amides is 1. The number of methoxy groups -OCH3 is 2. The zero-order valence-corrected chi connectivity index (χ0v) is 18.6. The number of fused-ring (bicyclic) bond motifs is 3. The van der Waals surface area contributed by atoms with Gasteiger partial charge in [0, 0.05) is 36.0 Å². The molecule has 0 aliphatic carbocycles. The van der Waals surface area contributed by atoms with Crippen molar-refractivity contribution in [2.24, 2.45) is 7.05 Å². The topological polar surface area (TPSA) is 87.4 Å². The van der Waals surface area contributed by atoms with Crippen LogP contribution in [0.25, 0.3) is 21.8 Å². The van der Waals surface area contributed by atoms with Crippen molar-refractivity contribution < 1.29 is 14.3 Å². The number of benzene rings is 2. The lowest BCUT2D eigenvalue weighted by molar-refractivity contribution is -0.124. The molecule has 0 saturated heterocycles. The van der Waals surface area contributed by atoms with E-state index in [-0.39, 0.29) is 11.5 Å². The number of aromatic nitrogens is 3. The first-order chi connectivity index (χ1) is 15.5. The van der Waals surface area contributed by atoms with Crippen molar-refractivity contribution in [3.8, 4) is 11.5 Å². The van der Waals surface area contributed by atoms with Gasteiger partial charge in [-0.1, -0.05) is 25.1 Å². The van der Waals surface area contributed by atoms with E-state index < -0.39 is 6.04 Å². The predicted molar refractivity (Wildman–Crippen MR) is 123 cm³/mol. The Labute approximate surface area is 185 Å². The Morgan fingerprint density at radius 1 is 1.12 bits per heavy atom. The van der Waals surface area contributed by atoms with E-state index >= 15 is 0 Å². The smallest absolute Gasteiger partial charge is 0.291 e. The first-order valence-electron chi connectivity index (χ1n) is 10.4. The third kappa shape index (κ3) is 3.57. The molecule has 2 aromatic heterocycles. The summed E-state index contributed by atoms with van der Waals surface area (Å²) in [7, 11) is 4.78. The number of para-hydroxylation sites is 1. The number of hydrogen-bond donors (Lipinski definition) is 1. The predicted octanol–water partition coefficient (Wildman–Crippen LogP) is 3.17. The van der Waals surface area contributed by atoms with Gasteiger partial charge < -0.3 is 19.4 Å². The third-order valence-corrected chi connectivity index (χ3v) is 5.75. The van der Waals surface area contributed by atoms with Crippen LogP contribution in [0, 0.1) is 0 Å². The molecular weight excluding hydrogens is 408 g/mol. The Morgan fingerprint density at radius 2 is 1.91 bits per heavy atom. The van der Waals surface area contributed by atoms with Gasteiger partial charge in [0.05, 0.1) is 25.9 Å². The lowest BCUT2D eigenvalue weighted by Crippen LogP contribution is -2.33. The second kappa shape index (κ2) is 8.74. The van der Waals surface area contributed by atoms with Gasteiger partial charge in [0.2, 0.25) is 5.91 Å². The number of nitrogens with zero attached hydrogens (tertiary/aromatic N) is 3. The normalized spacial score (nSPS) is 12.1. The van der Waals surface area contributed by atoms with E-state index in [9.17, 15) is 9.59 Å². The van der Waals surface area contributed by atoms with Gasteiger partial charge in [0.25, 0.3) is 5.56 Å². The molecule has 1 amide bonds. The number of rotatable bonds is 7. The summed E-state index contributed by atoms with van der Waals surface area (Å²) in [5, 5.41) is 8.83. The van der Waals surface area contributed by atoms with E-state index in [2.05, 4.69) is 10.4 Å². The summed E-state index contributed by atoms with van der Waals surface area (Å²) < 4.78 is 13.8. The molecule has 1 atom stereocenters. The van der Waals surface area contributed by atoms with Gasteiger partial charge in [-0.3, -0.25) is 9.59 Å². The summed E-state index contributed by atoms with van der Waals surface area (Å²) >= 11 is 0. The fraction of sp³-hybridized carbons (Fsp3) is 0.292. The lowest BCUT2D eigenvalue weighted by Gasteiger charge is -2.20. The van der Waals surface area contributed by atoms with Crippen LogP contribution >= 0.6 is 0 Å². The molecule has 166 valence electrons. The highest BCUT2D eigenvalue weighted by atomic mass is 16.5. The largest absolute Gasteiger partial charge is 0.497 e. The average Bonchev–Trinajstić information content (AvgIpc) is 3.15. The van der Waals surface area contributed by atoms with Crippen molar-refractivity contribution >= 4 is 27.7 Å². The molecule has 1 N–H and O–H groups in total. The molecule has 0 unspecified atom stereocenters. The highest BCUT2D eigenvalue weighted by molar-refractivity contribution is 6.08. The maximum Gasteiger partial charge on any atom is 0.291 e. The first-order valence-corrected chi connectivity index (χ1v) is 10.4. The molecule has 0 fully saturated rings. The molecular formula is C24H26N4O4. The highest BCUT2D eigenvalue weighted by Gasteiger charge is 2.25. The minimum Gasteiger partial charge on any atom is -0.497 e. The fourth-order valence-corrected chi connectivity index (χ4v) is 4.10. The molecule has 2 aromatic carbocycles. The maximum absolute atomic E-state index is 13.3. The molecule has 0 spiro atoms. The molecule has 32 heavy (non-hydrogen) atoms. The van der Waals surface area contributed by atoms with Gasteiger partial charge in [-0.25, -0.2) is 4.68 Å². The quantitative estimate of drug-likeness (QED) is 0.483. The zero-order valence-electron chi connectivity index (χ0n) is 18.6. The zero-order chi connectivity index (χ0) is 22.8. The van der Waals surface area contributed by atoms with Crippen LogP contribution in [-0.2, 0) is 18.4 Å². The van der Waals surface area contributed by atoms with E-state index in [1.807, 2.05) is 47.9 Å². The molecule has 0 saturated carbocycles. The van der Waals surface area contributed by atoms with Crippen LogP contribution in [0.4, 0.5) is 0 Å². The molecule has 2 heterocycles.